The molecule has 0 aromatic heterocycles. The smallest absolute Gasteiger partial charge is 0.191 e. The molecule has 0 atom stereocenters. The highest BCUT2D eigenvalue weighted by Crippen LogP contribution is 2.28. The maximum atomic E-state index is 5.58. The molecule has 0 amide bonds. The molecular weight excluding hydrogens is 341 g/mol. The van der Waals surface area contributed by atoms with Gasteiger partial charge in [0.15, 0.2) is 5.96 Å². The fraction of sp³-hybridized carbons (Fsp3) is 0.923. The SMILES string of the molecule is CCCN=C(NCC)NCCCOCC1CC1.I. The van der Waals surface area contributed by atoms with Gasteiger partial charge >= 0.3 is 0 Å². The van der Waals surface area contributed by atoms with Crippen LogP contribution in [-0.2, 0) is 4.74 Å². The lowest BCUT2D eigenvalue weighted by Crippen LogP contribution is -2.38. The predicted molar refractivity (Wildman–Crippen MR) is 87.8 cm³/mol. The largest absolute Gasteiger partial charge is 0.381 e. The number of hydrogen-bond acceptors (Lipinski definition) is 2. The van der Waals surface area contributed by atoms with Crippen molar-refractivity contribution in [3.63, 3.8) is 0 Å². The van der Waals surface area contributed by atoms with Crippen molar-refractivity contribution in [1.82, 2.24) is 10.6 Å². The summed E-state index contributed by atoms with van der Waals surface area (Å²) in [6.45, 7) is 8.77. The average molecular weight is 369 g/mol. The van der Waals surface area contributed by atoms with Crippen LogP contribution in [0, 0.1) is 5.92 Å². The summed E-state index contributed by atoms with van der Waals surface area (Å²) >= 11 is 0. The van der Waals surface area contributed by atoms with E-state index in [0.29, 0.717) is 0 Å². The highest BCUT2D eigenvalue weighted by Gasteiger charge is 2.20. The van der Waals surface area contributed by atoms with E-state index in [2.05, 4.69) is 29.5 Å². The minimum atomic E-state index is 0. The van der Waals surface area contributed by atoms with E-state index in [1.165, 1.54) is 12.8 Å². The number of ether oxygens (including phenoxy) is 1. The molecule has 1 saturated carbocycles. The van der Waals surface area contributed by atoms with Crippen molar-refractivity contribution >= 4 is 29.9 Å². The molecule has 5 heteroatoms. The van der Waals surface area contributed by atoms with Crippen LogP contribution in [0.3, 0.4) is 0 Å². The highest BCUT2D eigenvalue weighted by atomic mass is 127. The van der Waals surface area contributed by atoms with Crippen LogP contribution in [0.4, 0.5) is 0 Å². The zero-order valence-electron chi connectivity index (χ0n) is 11.7. The van der Waals surface area contributed by atoms with Crippen molar-refractivity contribution in [2.45, 2.75) is 39.5 Å². The number of aliphatic imine (C=N–C) groups is 1. The molecule has 0 aliphatic heterocycles. The Morgan fingerprint density at radius 1 is 1.28 bits per heavy atom. The Labute approximate surface area is 128 Å². The van der Waals surface area contributed by atoms with Gasteiger partial charge in [-0.2, -0.15) is 0 Å². The molecule has 1 rings (SSSR count). The monoisotopic (exact) mass is 369 g/mol. The molecule has 0 spiro atoms. The van der Waals surface area contributed by atoms with Crippen LogP contribution in [-0.4, -0.2) is 38.8 Å². The Morgan fingerprint density at radius 3 is 2.67 bits per heavy atom. The fourth-order valence-electron chi connectivity index (χ4n) is 1.48. The maximum Gasteiger partial charge on any atom is 0.191 e. The van der Waals surface area contributed by atoms with E-state index in [0.717, 1.165) is 57.6 Å². The van der Waals surface area contributed by atoms with Crippen LogP contribution in [0.25, 0.3) is 0 Å². The van der Waals surface area contributed by atoms with E-state index in [1.807, 2.05) is 0 Å². The van der Waals surface area contributed by atoms with Gasteiger partial charge in [-0.1, -0.05) is 6.92 Å². The second kappa shape index (κ2) is 12.0. The molecule has 0 saturated heterocycles. The molecule has 18 heavy (non-hydrogen) atoms. The summed E-state index contributed by atoms with van der Waals surface area (Å²) in [6, 6.07) is 0. The molecule has 108 valence electrons. The Kier molecular flexibility index (Phi) is 12.0. The summed E-state index contributed by atoms with van der Waals surface area (Å²) in [5.74, 6) is 1.79. The van der Waals surface area contributed by atoms with E-state index in [4.69, 9.17) is 4.74 Å². The molecular formula is C13H28IN3O. The lowest BCUT2D eigenvalue weighted by molar-refractivity contribution is 0.123. The summed E-state index contributed by atoms with van der Waals surface area (Å²) in [5.41, 5.74) is 0. The number of nitrogens with one attached hydrogen (secondary N) is 2. The second-order valence-corrected chi connectivity index (χ2v) is 4.56. The number of nitrogens with zero attached hydrogens (tertiary/aromatic N) is 1. The van der Waals surface area contributed by atoms with E-state index < -0.39 is 0 Å². The average Bonchev–Trinajstić information content (AvgIpc) is 3.14. The normalized spacial score (nSPS) is 15.1. The first-order valence-corrected chi connectivity index (χ1v) is 6.96. The molecule has 0 heterocycles. The summed E-state index contributed by atoms with van der Waals surface area (Å²) in [7, 11) is 0. The van der Waals surface area contributed by atoms with Crippen molar-refractivity contribution in [1.29, 1.82) is 0 Å². The molecule has 0 aromatic rings. The van der Waals surface area contributed by atoms with Crippen LogP contribution in [0.15, 0.2) is 4.99 Å². The van der Waals surface area contributed by atoms with Gasteiger partial charge in [0.25, 0.3) is 0 Å². The highest BCUT2D eigenvalue weighted by molar-refractivity contribution is 14.0. The third-order valence-electron chi connectivity index (χ3n) is 2.65. The van der Waals surface area contributed by atoms with Gasteiger partial charge in [0.1, 0.15) is 0 Å². The van der Waals surface area contributed by atoms with Crippen molar-refractivity contribution in [3.8, 4) is 0 Å². The van der Waals surface area contributed by atoms with Gasteiger partial charge in [0.2, 0.25) is 0 Å². The lowest BCUT2D eigenvalue weighted by Gasteiger charge is -2.11. The number of rotatable bonds is 9. The van der Waals surface area contributed by atoms with Gasteiger partial charge in [-0.25, -0.2) is 0 Å². The minimum Gasteiger partial charge on any atom is -0.381 e. The van der Waals surface area contributed by atoms with Crippen LogP contribution in [0.1, 0.15) is 39.5 Å². The standard InChI is InChI=1S/C13H27N3O.HI/c1-3-8-15-13(14-4-2)16-9-5-10-17-11-12-6-7-12;/h12H,3-11H2,1-2H3,(H2,14,15,16);1H. The molecule has 4 nitrogen and oxygen atoms in total. The van der Waals surface area contributed by atoms with Crippen molar-refractivity contribution < 1.29 is 4.74 Å². The lowest BCUT2D eigenvalue weighted by atomic mass is 10.4. The van der Waals surface area contributed by atoms with Crippen molar-refractivity contribution in [2.75, 3.05) is 32.8 Å². The molecule has 1 aliphatic carbocycles. The first-order chi connectivity index (χ1) is 8.36. The Bertz CT molecular complexity index is 220. The Hall–Kier alpha value is -0.0400. The van der Waals surface area contributed by atoms with Crippen LogP contribution in [0.2, 0.25) is 0 Å². The van der Waals surface area contributed by atoms with Crippen LogP contribution >= 0.6 is 24.0 Å². The molecule has 1 fully saturated rings. The van der Waals surface area contributed by atoms with E-state index in [-0.39, 0.29) is 24.0 Å². The maximum absolute atomic E-state index is 5.58. The fourth-order valence-corrected chi connectivity index (χ4v) is 1.48. The molecule has 0 radical (unpaired) electrons. The van der Waals surface area contributed by atoms with Gasteiger partial charge < -0.3 is 15.4 Å². The van der Waals surface area contributed by atoms with Gasteiger partial charge in [-0.05, 0) is 38.5 Å². The van der Waals surface area contributed by atoms with Crippen LogP contribution in [0.5, 0.6) is 0 Å². The summed E-state index contributed by atoms with van der Waals surface area (Å²) in [5, 5.41) is 6.55. The van der Waals surface area contributed by atoms with Crippen molar-refractivity contribution in [3.05, 3.63) is 0 Å². The van der Waals surface area contributed by atoms with E-state index >= 15 is 0 Å². The Balaban J connectivity index is 0.00000289. The molecule has 0 unspecified atom stereocenters. The molecule has 2 N–H and O–H groups in total. The zero-order valence-corrected chi connectivity index (χ0v) is 14.0. The third kappa shape index (κ3) is 9.94. The van der Waals surface area contributed by atoms with Gasteiger partial charge in [0.05, 0.1) is 0 Å². The van der Waals surface area contributed by atoms with Gasteiger partial charge in [0, 0.05) is 32.8 Å². The number of halogens is 1. The first kappa shape index (κ1) is 18.0. The Morgan fingerprint density at radius 2 is 2.06 bits per heavy atom. The minimum absolute atomic E-state index is 0. The molecule has 0 bridgehead atoms. The van der Waals surface area contributed by atoms with Crippen molar-refractivity contribution in [2.24, 2.45) is 10.9 Å². The van der Waals surface area contributed by atoms with E-state index in [1.54, 1.807) is 0 Å². The number of hydrogen-bond donors (Lipinski definition) is 2. The first-order valence-electron chi connectivity index (χ1n) is 6.96. The van der Waals surface area contributed by atoms with Gasteiger partial charge in [-0.3, -0.25) is 4.99 Å². The van der Waals surface area contributed by atoms with Gasteiger partial charge in [-0.15, -0.1) is 24.0 Å². The molecule has 0 aromatic carbocycles. The summed E-state index contributed by atoms with van der Waals surface area (Å²) < 4.78 is 5.58. The quantitative estimate of drug-likeness (QED) is 0.284. The topological polar surface area (TPSA) is 45.7 Å². The number of guanidine groups is 1. The summed E-state index contributed by atoms with van der Waals surface area (Å²) in [6.07, 6.45) is 4.86. The third-order valence-corrected chi connectivity index (χ3v) is 2.65. The molecule has 1 aliphatic rings. The summed E-state index contributed by atoms with van der Waals surface area (Å²) in [4.78, 5) is 4.44. The van der Waals surface area contributed by atoms with E-state index in [9.17, 15) is 0 Å². The second-order valence-electron chi connectivity index (χ2n) is 4.56. The van der Waals surface area contributed by atoms with Crippen LogP contribution < -0.4 is 10.6 Å². The zero-order chi connectivity index (χ0) is 12.3. The predicted octanol–water partition coefficient (Wildman–Crippen LogP) is 2.39.